The first kappa shape index (κ1) is 10.2. The molecule has 1 aromatic heterocycles. The van der Waals surface area contributed by atoms with Gasteiger partial charge in [-0.2, -0.15) is 0 Å². The molecule has 2 heterocycles. The van der Waals surface area contributed by atoms with Crippen molar-refractivity contribution < 1.29 is 9.90 Å². The molecule has 5 nitrogen and oxygen atoms in total. The third-order valence-electron chi connectivity index (χ3n) is 2.91. The number of aromatic nitrogens is 2. The summed E-state index contributed by atoms with van der Waals surface area (Å²) in [6, 6.07) is -0.332. The van der Waals surface area contributed by atoms with Crippen molar-refractivity contribution in [2.24, 2.45) is 7.05 Å². The van der Waals surface area contributed by atoms with Gasteiger partial charge in [0.25, 0.3) is 0 Å². The van der Waals surface area contributed by atoms with Crippen LogP contribution < -0.4 is 0 Å². The lowest BCUT2D eigenvalue weighted by molar-refractivity contribution is -0.142. The minimum absolute atomic E-state index is 0.332. The summed E-state index contributed by atoms with van der Waals surface area (Å²) in [6.07, 6.45) is 5.32. The average molecular weight is 209 g/mol. The second-order valence-electron chi connectivity index (χ2n) is 3.92. The Balaban J connectivity index is 2.06. The number of hydrogen-bond donors (Lipinski definition) is 1. The van der Waals surface area contributed by atoms with E-state index >= 15 is 0 Å². The minimum atomic E-state index is -0.721. The highest BCUT2D eigenvalue weighted by Crippen LogP contribution is 2.19. The number of imidazole rings is 1. The van der Waals surface area contributed by atoms with E-state index in [1.54, 1.807) is 6.20 Å². The van der Waals surface area contributed by atoms with E-state index < -0.39 is 5.97 Å². The van der Waals surface area contributed by atoms with E-state index in [4.69, 9.17) is 5.11 Å². The maximum absolute atomic E-state index is 11.0. The molecule has 1 saturated heterocycles. The van der Waals surface area contributed by atoms with Gasteiger partial charge in [-0.15, -0.1) is 0 Å². The minimum Gasteiger partial charge on any atom is -0.480 e. The van der Waals surface area contributed by atoms with Crippen LogP contribution in [0.3, 0.4) is 0 Å². The fourth-order valence-electron chi connectivity index (χ4n) is 2.03. The standard InChI is InChI=1S/C10H15N3O2/c1-12-6-4-11-9(12)7-13-5-2-3-8(13)10(14)15/h4,6,8H,2-3,5,7H2,1H3,(H,14,15)/t8-/m0/s1. The van der Waals surface area contributed by atoms with Gasteiger partial charge in [0.15, 0.2) is 0 Å². The highest BCUT2D eigenvalue weighted by Gasteiger charge is 2.30. The number of carboxylic acids is 1. The number of hydrogen-bond acceptors (Lipinski definition) is 3. The number of rotatable bonds is 3. The van der Waals surface area contributed by atoms with Crippen molar-refractivity contribution in [1.29, 1.82) is 0 Å². The summed E-state index contributed by atoms with van der Waals surface area (Å²) in [4.78, 5) is 17.1. The Hall–Kier alpha value is -1.36. The van der Waals surface area contributed by atoms with Crippen molar-refractivity contribution >= 4 is 5.97 Å². The predicted octanol–water partition coefficient (Wildman–Crippen LogP) is 0.469. The van der Waals surface area contributed by atoms with Gasteiger partial charge in [-0.1, -0.05) is 0 Å². The molecule has 0 unspecified atom stereocenters. The Morgan fingerprint density at radius 3 is 3.13 bits per heavy atom. The number of nitrogens with zero attached hydrogens (tertiary/aromatic N) is 3. The van der Waals surface area contributed by atoms with Crippen LogP contribution in [0.1, 0.15) is 18.7 Å². The summed E-state index contributed by atoms with van der Waals surface area (Å²) in [5, 5.41) is 9.01. The summed E-state index contributed by atoms with van der Waals surface area (Å²) >= 11 is 0. The molecule has 0 amide bonds. The zero-order chi connectivity index (χ0) is 10.8. The number of aliphatic carboxylic acids is 1. The van der Waals surface area contributed by atoms with E-state index in [9.17, 15) is 4.79 Å². The predicted molar refractivity (Wildman–Crippen MR) is 54.3 cm³/mol. The molecule has 1 N–H and O–H groups in total. The smallest absolute Gasteiger partial charge is 0.320 e. The van der Waals surface area contributed by atoms with Crippen LogP contribution in [0.5, 0.6) is 0 Å². The van der Waals surface area contributed by atoms with Crippen LogP contribution in [0.25, 0.3) is 0 Å². The van der Waals surface area contributed by atoms with Gasteiger partial charge in [0.05, 0.1) is 6.54 Å². The molecule has 0 spiro atoms. The first-order valence-electron chi connectivity index (χ1n) is 5.11. The van der Waals surface area contributed by atoms with E-state index in [2.05, 4.69) is 4.98 Å². The van der Waals surface area contributed by atoms with Crippen LogP contribution in [0, 0.1) is 0 Å². The zero-order valence-corrected chi connectivity index (χ0v) is 8.76. The Morgan fingerprint density at radius 1 is 1.73 bits per heavy atom. The summed E-state index contributed by atoms with van der Waals surface area (Å²) in [5.74, 6) is 0.199. The lowest BCUT2D eigenvalue weighted by Crippen LogP contribution is -2.36. The van der Waals surface area contributed by atoms with Crippen molar-refractivity contribution in [1.82, 2.24) is 14.5 Å². The van der Waals surface area contributed by atoms with Gasteiger partial charge in [0.2, 0.25) is 0 Å². The Bertz CT molecular complexity index is 361. The van der Waals surface area contributed by atoms with Crippen LogP contribution in [0.2, 0.25) is 0 Å². The Kier molecular flexibility index (Phi) is 2.73. The molecule has 5 heteroatoms. The molecule has 1 aliphatic rings. The summed E-state index contributed by atoms with van der Waals surface area (Å²) in [5.41, 5.74) is 0. The van der Waals surface area contributed by atoms with Gasteiger partial charge in [-0.3, -0.25) is 9.69 Å². The van der Waals surface area contributed by atoms with E-state index in [-0.39, 0.29) is 6.04 Å². The number of carboxylic acid groups (broad SMARTS) is 1. The van der Waals surface area contributed by atoms with Crippen molar-refractivity contribution in [3.8, 4) is 0 Å². The monoisotopic (exact) mass is 209 g/mol. The van der Waals surface area contributed by atoms with E-state index in [0.717, 1.165) is 25.2 Å². The molecule has 1 aliphatic heterocycles. The van der Waals surface area contributed by atoms with E-state index in [1.807, 2.05) is 22.7 Å². The van der Waals surface area contributed by atoms with Gasteiger partial charge >= 0.3 is 5.97 Å². The molecule has 2 rings (SSSR count). The lowest BCUT2D eigenvalue weighted by Gasteiger charge is -2.20. The number of carbonyl (C=O) groups is 1. The molecular weight excluding hydrogens is 194 g/mol. The van der Waals surface area contributed by atoms with E-state index in [0.29, 0.717) is 6.54 Å². The van der Waals surface area contributed by atoms with Gasteiger partial charge in [0.1, 0.15) is 11.9 Å². The largest absolute Gasteiger partial charge is 0.480 e. The van der Waals surface area contributed by atoms with Crippen molar-refractivity contribution in [2.45, 2.75) is 25.4 Å². The molecule has 82 valence electrons. The summed E-state index contributed by atoms with van der Waals surface area (Å²) < 4.78 is 1.93. The fourth-order valence-corrected chi connectivity index (χ4v) is 2.03. The van der Waals surface area contributed by atoms with Crippen LogP contribution in [-0.2, 0) is 18.4 Å². The fraction of sp³-hybridized carbons (Fsp3) is 0.600. The molecule has 1 fully saturated rings. The number of aryl methyl sites for hydroxylation is 1. The van der Waals surface area contributed by atoms with Crippen molar-refractivity contribution in [3.63, 3.8) is 0 Å². The first-order chi connectivity index (χ1) is 7.18. The van der Waals surface area contributed by atoms with Gasteiger partial charge in [0, 0.05) is 19.4 Å². The third-order valence-corrected chi connectivity index (χ3v) is 2.91. The maximum Gasteiger partial charge on any atom is 0.320 e. The highest BCUT2D eigenvalue weighted by atomic mass is 16.4. The quantitative estimate of drug-likeness (QED) is 0.786. The normalized spacial score (nSPS) is 22.1. The Labute approximate surface area is 88.3 Å². The first-order valence-corrected chi connectivity index (χ1v) is 5.11. The van der Waals surface area contributed by atoms with Crippen molar-refractivity contribution in [3.05, 3.63) is 18.2 Å². The van der Waals surface area contributed by atoms with Crippen LogP contribution in [-0.4, -0.2) is 38.1 Å². The SMILES string of the molecule is Cn1ccnc1CN1CCC[C@H]1C(=O)O. The molecule has 0 bridgehead atoms. The van der Waals surface area contributed by atoms with Gasteiger partial charge in [-0.25, -0.2) is 4.98 Å². The molecule has 0 aromatic carbocycles. The molecule has 15 heavy (non-hydrogen) atoms. The summed E-state index contributed by atoms with van der Waals surface area (Å²) in [6.45, 7) is 1.48. The van der Waals surface area contributed by atoms with Gasteiger partial charge < -0.3 is 9.67 Å². The summed E-state index contributed by atoms with van der Waals surface area (Å²) in [7, 11) is 1.92. The average Bonchev–Trinajstić information content (AvgIpc) is 2.77. The van der Waals surface area contributed by atoms with Crippen molar-refractivity contribution in [2.75, 3.05) is 6.54 Å². The molecular formula is C10H15N3O2. The van der Waals surface area contributed by atoms with Gasteiger partial charge in [-0.05, 0) is 19.4 Å². The van der Waals surface area contributed by atoms with Crippen LogP contribution >= 0.6 is 0 Å². The topological polar surface area (TPSA) is 58.4 Å². The zero-order valence-electron chi connectivity index (χ0n) is 8.76. The molecule has 0 aliphatic carbocycles. The molecule has 0 saturated carbocycles. The molecule has 0 radical (unpaired) electrons. The highest BCUT2D eigenvalue weighted by molar-refractivity contribution is 5.73. The lowest BCUT2D eigenvalue weighted by atomic mass is 10.2. The molecule has 1 aromatic rings. The van der Waals surface area contributed by atoms with Crippen LogP contribution in [0.4, 0.5) is 0 Å². The van der Waals surface area contributed by atoms with Crippen LogP contribution in [0.15, 0.2) is 12.4 Å². The maximum atomic E-state index is 11.0. The number of likely N-dealkylation sites (tertiary alicyclic amines) is 1. The Morgan fingerprint density at radius 2 is 2.53 bits per heavy atom. The van der Waals surface area contributed by atoms with E-state index in [1.165, 1.54) is 0 Å². The second-order valence-corrected chi connectivity index (χ2v) is 3.92. The molecule has 1 atom stereocenters. The third kappa shape index (κ3) is 2.02. The second kappa shape index (κ2) is 4.02.